The van der Waals surface area contributed by atoms with Gasteiger partial charge < -0.3 is 30.1 Å². The number of nitrogens with one attached hydrogen (secondary N) is 2. The van der Waals surface area contributed by atoms with Gasteiger partial charge in [0.15, 0.2) is 0 Å². The Kier molecular flexibility index (Phi) is 8.30. The molecule has 1 fully saturated rings. The van der Waals surface area contributed by atoms with Gasteiger partial charge in [0.05, 0.1) is 12.3 Å². The summed E-state index contributed by atoms with van der Waals surface area (Å²) in [6.45, 7) is 3.39. The predicted octanol–water partition coefficient (Wildman–Crippen LogP) is 5.26. The van der Waals surface area contributed by atoms with E-state index < -0.39 is 5.97 Å². The minimum absolute atomic E-state index is 0.151. The van der Waals surface area contributed by atoms with Crippen molar-refractivity contribution < 1.29 is 29.0 Å². The number of nitrogens with zero attached hydrogens (tertiary/aromatic N) is 1. The number of anilines is 2. The van der Waals surface area contributed by atoms with Crippen LogP contribution in [0.15, 0.2) is 42.5 Å². The summed E-state index contributed by atoms with van der Waals surface area (Å²) in [5, 5.41) is 14.6. The first kappa shape index (κ1) is 25.3. The summed E-state index contributed by atoms with van der Waals surface area (Å²) in [7, 11) is 0. The molecule has 0 spiro atoms. The van der Waals surface area contributed by atoms with E-state index >= 15 is 0 Å². The predicted molar refractivity (Wildman–Crippen MR) is 135 cm³/mol. The summed E-state index contributed by atoms with van der Waals surface area (Å²) in [5.74, 6) is 0.0119. The molecule has 0 unspecified atom stereocenters. The van der Waals surface area contributed by atoms with Gasteiger partial charge in [0.2, 0.25) is 0 Å². The molecule has 0 atom stereocenters. The second-order valence-corrected chi connectivity index (χ2v) is 9.29. The van der Waals surface area contributed by atoms with Crippen LogP contribution in [0, 0.1) is 5.92 Å². The van der Waals surface area contributed by atoms with Crippen molar-refractivity contribution >= 4 is 29.5 Å². The lowest BCUT2D eigenvalue weighted by molar-refractivity contribution is -0.138. The molecule has 1 saturated carbocycles. The summed E-state index contributed by atoms with van der Waals surface area (Å²) in [4.78, 5) is 37.9. The molecule has 2 aromatic rings. The first-order valence-corrected chi connectivity index (χ1v) is 12.5. The Morgan fingerprint density at radius 3 is 2.56 bits per heavy atom. The van der Waals surface area contributed by atoms with Crippen molar-refractivity contribution in [1.29, 1.82) is 0 Å². The molecule has 1 heterocycles. The molecule has 9 heteroatoms. The molecule has 3 N–H and O–H groups in total. The monoisotopic (exact) mass is 495 g/mol. The molecule has 2 aromatic carbocycles. The van der Waals surface area contributed by atoms with E-state index in [2.05, 4.69) is 10.6 Å². The summed E-state index contributed by atoms with van der Waals surface area (Å²) < 4.78 is 11.3. The van der Waals surface area contributed by atoms with Crippen LogP contribution in [0.4, 0.5) is 21.0 Å². The number of carboxylic acids is 1. The lowest BCUT2D eigenvalue weighted by Gasteiger charge is -2.32. The molecule has 0 bridgehead atoms. The van der Waals surface area contributed by atoms with E-state index in [1.807, 2.05) is 37.3 Å². The van der Waals surface area contributed by atoms with Crippen molar-refractivity contribution in [2.24, 2.45) is 5.92 Å². The first-order valence-electron chi connectivity index (χ1n) is 12.5. The van der Waals surface area contributed by atoms with E-state index in [1.165, 1.54) is 0 Å². The maximum Gasteiger partial charge on any atom is 0.410 e. The SMILES string of the molecule is CCOc1ccccc1NC(=O)Nc1ccc2c(c1)CCN(C(=O)O[C@H]1CC[C@H](CC(=O)O)CC1)C2. The molecule has 0 aromatic heterocycles. The molecule has 9 nitrogen and oxygen atoms in total. The van der Waals surface area contributed by atoms with Crippen molar-refractivity contribution in [3.05, 3.63) is 53.6 Å². The molecule has 36 heavy (non-hydrogen) atoms. The number of para-hydroxylation sites is 2. The van der Waals surface area contributed by atoms with Gasteiger partial charge in [-0.05, 0) is 80.3 Å². The third-order valence-electron chi connectivity index (χ3n) is 6.69. The Morgan fingerprint density at radius 1 is 1.03 bits per heavy atom. The van der Waals surface area contributed by atoms with Crippen LogP contribution in [0.1, 0.15) is 50.2 Å². The molecule has 1 aliphatic carbocycles. The number of amides is 3. The quantitative estimate of drug-likeness (QED) is 0.483. The van der Waals surface area contributed by atoms with E-state index in [4.69, 9.17) is 14.6 Å². The van der Waals surface area contributed by atoms with Crippen molar-refractivity contribution in [2.45, 2.75) is 58.1 Å². The van der Waals surface area contributed by atoms with Crippen molar-refractivity contribution in [2.75, 3.05) is 23.8 Å². The molecule has 0 saturated heterocycles. The van der Waals surface area contributed by atoms with Crippen LogP contribution in [-0.2, 0) is 22.5 Å². The van der Waals surface area contributed by atoms with Crippen LogP contribution in [0.5, 0.6) is 5.75 Å². The number of carbonyl (C=O) groups excluding carboxylic acids is 2. The number of urea groups is 1. The highest BCUT2D eigenvalue weighted by atomic mass is 16.6. The Balaban J connectivity index is 1.28. The Hall–Kier alpha value is -3.75. The average Bonchev–Trinajstić information content (AvgIpc) is 2.86. The van der Waals surface area contributed by atoms with Crippen molar-refractivity contribution in [1.82, 2.24) is 4.90 Å². The maximum absolute atomic E-state index is 12.7. The lowest BCUT2D eigenvalue weighted by atomic mass is 9.85. The first-order chi connectivity index (χ1) is 17.4. The van der Waals surface area contributed by atoms with Gasteiger partial charge in [-0.25, -0.2) is 9.59 Å². The molecular weight excluding hydrogens is 462 g/mol. The third-order valence-corrected chi connectivity index (χ3v) is 6.69. The molecular formula is C27H33N3O6. The van der Waals surface area contributed by atoms with Gasteiger partial charge >= 0.3 is 18.1 Å². The zero-order valence-corrected chi connectivity index (χ0v) is 20.5. The van der Waals surface area contributed by atoms with Crippen molar-refractivity contribution in [3.63, 3.8) is 0 Å². The highest BCUT2D eigenvalue weighted by Crippen LogP contribution is 2.30. The van der Waals surface area contributed by atoms with E-state index in [-0.39, 0.29) is 30.6 Å². The Bertz CT molecular complexity index is 1100. The van der Waals surface area contributed by atoms with Gasteiger partial charge in [0, 0.05) is 25.2 Å². The van der Waals surface area contributed by atoms with Crippen LogP contribution < -0.4 is 15.4 Å². The van der Waals surface area contributed by atoms with Crippen LogP contribution in [0.3, 0.4) is 0 Å². The van der Waals surface area contributed by atoms with Crippen LogP contribution >= 0.6 is 0 Å². The van der Waals surface area contributed by atoms with Crippen LogP contribution in [0.2, 0.25) is 0 Å². The fourth-order valence-corrected chi connectivity index (χ4v) is 4.84. The maximum atomic E-state index is 12.7. The summed E-state index contributed by atoms with van der Waals surface area (Å²) in [6.07, 6.45) is 3.34. The molecule has 3 amide bonds. The number of fused-ring (bicyclic) bond motifs is 1. The van der Waals surface area contributed by atoms with Crippen LogP contribution in [-0.4, -0.2) is 47.4 Å². The zero-order chi connectivity index (χ0) is 25.5. The second-order valence-electron chi connectivity index (χ2n) is 9.29. The van der Waals surface area contributed by atoms with Crippen LogP contribution in [0.25, 0.3) is 0 Å². The third kappa shape index (κ3) is 6.68. The fourth-order valence-electron chi connectivity index (χ4n) is 4.84. The van der Waals surface area contributed by atoms with Gasteiger partial charge in [-0.3, -0.25) is 4.79 Å². The van der Waals surface area contributed by atoms with Crippen molar-refractivity contribution in [3.8, 4) is 5.75 Å². The highest BCUT2D eigenvalue weighted by Gasteiger charge is 2.28. The number of ether oxygens (including phenoxy) is 2. The van der Waals surface area contributed by atoms with Gasteiger partial charge in [0.25, 0.3) is 0 Å². The van der Waals surface area contributed by atoms with Gasteiger partial charge in [-0.1, -0.05) is 18.2 Å². The minimum atomic E-state index is -0.770. The van der Waals surface area contributed by atoms with Gasteiger partial charge in [-0.2, -0.15) is 0 Å². The van der Waals surface area contributed by atoms with E-state index in [1.54, 1.807) is 17.0 Å². The topological polar surface area (TPSA) is 117 Å². The summed E-state index contributed by atoms with van der Waals surface area (Å²) in [5.41, 5.74) is 3.38. The molecule has 192 valence electrons. The van der Waals surface area contributed by atoms with E-state index in [0.717, 1.165) is 24.0 Å². The number of hydrogen-bond acceptors (Lipinski definition) is 5. The normalized spacial score (nSPS) is 19.1. The number of benzene rings is 2. The van der Waals surface area contributed by atoms with Gasteiger partial charge in [0.1, 0.15) is 11.9 Å². The van der Waals surface area contributed by atoms with E-state index in [0.29, 0.717) is 56.1 Å². The molecule has 0 radical (unpaired) electrons. The number of carboxylic acid groups (broad SMARTS) is 1. The smallest absolute Gasteiger partial charge is 0.410 e. The van der Waals surface area contributed by atoms with Gasteiger partial charge in [-0.15, -0.1) is 0 Å². The Labute approximate surface area is 210 Å². The highest BCUT2D eigenvalue weighted by molar-refractivity contribution is 6.00. The molecule has 1 aliphatic heterocycles. The Morgan fingerprint density at radius 2 is 1.81 bits per heavy atom. The second kappa shape index (κ2) is 11.8. The minimum Gasteiger partial charge on any atom is -0.492 e. The summed E-state index contributed by atoms with van der Waals surface area (Å²) >= 11 is 0. The molecule has 4 rings (SSSR count). The number of hydrogen-bond donors (Lipinski definition) is 3. The largest absolute Gasteiger partial charge is 0.492 e. The number of aliphatic carboxylic acids is 1. The number of rotatable bonds is 7. The average molecular weight is 496 g/mol. The number of carbonyl (C=O) groups is 3. The fraction of sp³-hybridized carbons (Fsp3) is 0.444. The molecule has 2 aliphatic rings. The zero-order valence-electron chi connectivity index (χ0n) is 20.5. The lowest BCUT2D eigenvalue weighted by Crippen LogP contribution is -2.39. The standard InChI is InChI=1S/C27H33N3O6/c1-2-35-24-6-4-3-5-23(24)29-26(33)28-21-10-9-20-17-30(14-13-19(20)16-21)27(34)36-22-11-7-18(8-12-22)15-25(31)32/h3-6,9-10,16,18,22H,2,7-8,11-15,17H2,1H3,(H,31,32)(H2,28,29,33)/t18-,22-. The summed E-state index contributed by atoms with van der Waals surface area (Å²) in [6, 6.07) is 12.6. The van der Waals surface area contributed by atoms with E-state index in [9.17, 15) is 14.4 Å².